The molecule has 0 spiro atoms. The van der Waals surface area contributed by atoms with E-state index in [2.05, 4.69) is 46.5 Å². The molecule has 0 aliphatic carbocycles. The van der Waals surface area contributed by atoms with E-state index in [-0.39, 0.29) is 0 Å². The van der Waals surface area contributed by atoms with Crippen LogP contribution in [0.2, 0.25) is 0 Å². The summed E-state index contributed by atoms with van der Waals surface area (Å²) in [4.78, 5) is 0. The van der Waals surface area contributed by atoms with Gasteiger partial charge in [-0.3, -0.25) is 11.3 Å². The highest BCUT2D eigenvalue weighted by atomic mass is 79.9. The van der Waals surface area contributed by atoms with Crippen LogP contribution in [0.1, 0.15) is 25.3 Å². The molecule has 0 aliphatic heterocycles. The number of hydrogen-bond acceptors (Lipinski definition) is 2. The minimum absolute atomic E-state index is 0.374. The Kier molecular flexibility index (Phi) is 5.15. The van der Waals surface area contributed by atoms with E-state index in [0.29, 0.717) is 6.04 Å². The summed E-state index contributed by atoms with van der Waals surface area (Å²) in [5.74, 6) is 5.49. The Morgan fingerprint density at radius 1 is 1.43 bits per heavy atom. The molecule has 0 saturated heterocycles. The zero-order valence-corrected chi connectivity index (χ0v) is 10.0. The van der Waals surface area contributed by atoms with Gasteiger partial charge >= 0.3 is 0 Å². The smallest absolute Gasteiger partial charge is 0.0251 e. The molecule has 1 rings (SSSR count). The molecule has 14 heavy (non-hydrogen) atoms. The lowest BCUT2D eigenvalue weighted by Crippen LogP contribution is -2.36. The molecule has 0 fully saturated rings. The molecule has 1 unspecified atom stereocenters. The first-order valence-electron chi connectivity index (χ1n) is 4.97. The summed E-state index contributed by atoms with van der Waals surface area (Å²) in [7, 11) is 0. The molecule has 0 aliphatic rings. The molecule has 78 valence electrons. The average Bonchev–Trinajstić information content (AvgIpc) is 2.20. The summed E-state index contributed by atoms with van der Waals surface area (Å²) in [6, 6.07) is 8.65. The van der Waals surface area contributed by atoms with Gasteiger partial charge in [-0.05, 0) is 24.5 Å². The monoisotopic (exact) mass is 256 g/mol. The van der Waals surface area contributed by atoms with Crippen molar-refractivity contribution in [2.45, 2.75) is 32.2 Å². The molecule has 0 heterocycles. The molecule has 1 aromatic rings. The van der Waals surface area contributed by atoms with Gasteiger partial charge in [-0.1, -0.05) is 47.5 Å². The zero-order valence-electron chi connectivity index (χ0n) is 8.46. The largest absolute Gasteiger partial charge is 0.271 e. The second-order valence-electron chi connectivity index (χ2n) is 3.45. The van der Waals surface area contributed by atoms with Crippen LogP contribution in [0.3, 0.4) is 0 Å². The molecule has 0 aromatic heterocycles. The van der Waals surface area contributed by atoms with Crippen LogP contribution in [0.5, 0.6) is 0 Å². The lowest BCUT2D eigenvalue weighted by molar-refractivity contribution is 0.485. The van der Waals surface area contributed by atoms with Gasteiger partial charge in [0.15, 0.2) is 0 Å². The lowest BCUT2D eigenvalue weighted by atomic mass is 10.0. The van der Waals surface area contributed by atoms with Crippen LogP contribution in [0.15, 0.2) is 28.7 Å². The number of nitrogens with one attached hydrogen (secondary N) is 1. The lowest BCUT2D eigenvalue weighted by Gasteiger charge is -2.15. The molecule has 3 heteroatoms. The quantitative estimate of drug-likeness (QED) is 0.628. The molecule has 1 aromatic carbocycles. The van der Waals surface area contributed by atoms with Crippen LogP contribution in [0, 0.1) is 0 Å². The van der Waals surface area contributed by atoms with Gasteiger partial charge in [0.25, 0.3) is 0 Å². The number of benzene rings is 1. The van der Waals surface area contributed by atoms with Crippen molar-refractivity contribution in [2.75, 3.05) is 0 Å². The molecule has 1 atom stereocenters. The van der Waals surface area contributed by atoms with E-state index in [4.69, 9.17) is 5.84 Å². The third kappa shape index (κ3) is 3.40. The Hall–Kier alpha value is -0.380. The standard InChI is InChI=1S/C11H17BrN2/c1-2-5-10(14-13)8-9-6-3-4-7-11(9)12/h3-4,6-7,10,14H,2,5,8,13H2,1H3. The van der Waals surface area contributed by atoms with Gasteiger partial charge in [0.2, 0.25) is 0 Å². The van der Waals surface area contributed by atoms with Gasteiger partial charge in [-0.25, -0.2) is 0 Å². The Bertz CT molecular complexity index is 276. The maximum absolute atomic E-state index is 5.49. The first kappa shape index (κ1) is 11.7. The van der Waals surface area contributed by atoms with Crippen LogP contribution in [-0.2, 0) is 6.42 Å². The Morgan fingerprint density at radius 2 is 2.14 bits per heavy atom. The van der Waals surface area contributed by atoms with E-state index in [0.717, 1.165) is 23.7 Å². The summed E-state index contributed by atoms with van der Waals surface area (Å²) >= 11 is 3.54. The highest BCUT2D eigenvalue weighted by Gasteiger charge is 2.07. The fourth-order valence-electron chi connectivity index (χ4n) is 1.52. The van der Waals surface area contributed by atoms with Gasteiger partial charge in [-0.2, -0.15) is 0 Å². The maximum atomic E-state index is 5.49. The molecule has 0 radical (unpaired) electrons. The van der Waals surface area contributed by atoms with Gasteiger partial charge in [0.1, 0.15) is 0 Å². The van der Waals surface area contributed by atoms with Gasteiger partial charge in [0, 0.05) is 10.5 Å². The van der Waals surface area contributed by atoms with Crippen LogP contribution in [-0.4, -0.2) is 6.04 Å². The first-order chi connectivity index (χ1) is 6.77. The number of nitrogens with two attached hydrogens (primary N) is 1. The molecule has 0 bridgehead atoms. The number of halogens is 1. The minimum Gasteiger partial charge on any atom is -0.271 e. The van der Waals surface area contributed by atoms with E-state index in [1.807, 2.05) is 6.07 Å². The summed E-state index contributed by atoms with van der Waals surface area (Å²) in [5.41, 5.74) is 4.17. The Labute approximate surface area is 94.0 Å². The topological polar surface area (TPSA) is 38.0 Å². The second kappa shape index (κ2) is 6.17. The van der Waals surface area contributed by atoms with Gasteiger partial charge < -0.3 is 0 Å². The van der Waals surface area contributed by atoms with E-state index in [9.17, 15) is 0 Å². The highest BCUT2D eigenvalue weighted by molar-refractivity contribution is 9.10. The molecular formula is C11H17BrN2. The van der Waals surface area contributed by atoms with Crippen LogP contribution in [0.4, 0.5) is 0 Å². The van der Waals surface area contributed by atoms with E-state index in [1.165, 1.54) is 5.56 Å². The van der Waals surface area contributed by atoms with Crippen molar-refractivity contribution in [3.63, 3.8) is 0 Å². The van der Waals surface area contributed by atoms with Crippen molar-refractivity contribution in [2.24, 2.45) is 5.84 Å². The summed E-state index contributed by atoms with van der Waals surface area (Å²) in [6.07, 6.45) is 3.24. The summed E-state index contributed by atoms with van der Waals surface area (Å²) < 4.78 is 1.16. The van der Waals surface area contributed by atoms with E-state index in [1.54, 1.807) is 0 Å². The average molecular weight is 257 g/mol. The van der Waals surface area contributed by atoms with Gasteiger partial charge in [-0.15, -0.1) is 0 Å². The first-order valence-corrected chi connectivity index (χ1v) is 5.76. The van der Waals surface area contributed by atoms with E-state index >= 15 is 0 Å². The highest BCUT2D eigenvalue weighted by Crippen LogP contribution is 2.18. The SMILES string of the molecule is CCCC(Cc1ccccc1Br)NN. The molecule has 2 nitrogen and oxygen atoms in total. The van der Waals surface area contributed by atoms with Crippen molar-refractivity contribution in [1.29, 1.82) is 0 Å². The predicted molar refractivity (Wildman–Crippen MR) is 63.9 cm³/mol. The normalized spacial score (nSPS) is 12.8. The number of rotatable bonds is 5. The number of hydrazine groups is 1. The van der Waals surface area contributed by atoms with Crippen LogP contribution < -0.4 is 11.3 Å². The molecular weight excluding hydrogens is 240 g/mol. The third-order valence-electron chi connectivity index (χ3n) is 2.30. The predicted octanol–water partition coefficient (Wildman–Crippen LogP) is 2.62. The maximum Gasteiger partial charge on any atom is 0.0251 e. The molecule has 0 saturated carbocycles. The third-order valence-corrected chi connectivity index (χ3v) is 3.07. The Morgan fingerprint density at radius 3 is 2.71 bits per heavy atom. The van der Waals surface area contributed by atoms with Crippen LogP contribution >= 0.6 is 15.9 Å². The van der Waals surface area contributed by atoms with Crippen molar-refractivity contribution in [3.05, 3.63) is 34.3 Å². The molecule has 3 N–H and O–H groups in total. The second-order valence-corrected chi connectivity index (χ2v) is 4.30. The zero-order chi connectivity index (χ0) is 10.4. The Balaban J connectivity index is 2.62. The number of hydrogen-bond donors (Lipinski definition) is 2. The summed E-state index contributed by atoms with van der Waals surface area (Å²) in [6.45, 7) is 2.17. The van der Waals surface area contributed by atoms with Crippen molar-refractivity contribution in [3.8, 4) is 0 Å². The summed E-state index contributed by atoms with van der Waals surface area (Å²) in [5, 5.41) is 0. The fourth-order valence-corrected chi connectivity index (χ4v) is 1.97. The molecule has 0 amide bonds. The van der Waals surface area contributed by atoms with Crippen molar-refractivity contribution < 1.29 is 0 Å². The van der Waals surface area contributed by atoms with Crippen molar-refractivity contribution >= 4 is 15.9 Å². The minimum atomic E-state index is 0.374. The fraction of sp³-hybridized carbons (Fsp3) is 0.455. The van der Waals surface area contributed by atoms with Crippen LogP contribution in [0.25, 0.3) is 0 Å². The van der Waals surface area contributed by atoms with Crippen molar-refractivity contribution in [1.82, 2.24) is 5.43 Å². The van der Waals surface area contributed by atoms with E-state index < -0.39 is 0 Å². The van der Waals surface area contributed by atoms with Gasteiger partial charge in [0.05, 0.1) is 0 Å².